The van der Waals surface area contributed by atoms with E-state index in [2.05, 4.69) is 0 Å². The molecule has 1 atom stereocenters. The second-order valence-corrected chi connectivity index (χ2v) is 4.29. The fraction of sp³-hybridized carbons (Fsp3) is 0.0667. The van der Waals surface area contributed by atoms with E-state index < -0.39 is 10.6 Å². The van der Waals surface area contributed by atoms with Crippen molar-refractivity contribution in [2.45, 2.75) is 5.72 Å². The molecule has 3 rings (SSSR count). The van der Waals surface area contributed by atoms with Crippen LogP contribution in [0.1, 0.15) is 11.1 Å². The van der Waals surface area contributed by atoms with Gasteiger partial charge in [-0.2, -0.15) is 0 Å². The summed E-state index contributed by atoms with van der Waals surface area (Å²) in [5.41, 5.74) is -0.294. The molecule has 0 fully saturated rings. The molecule has 1 heterocycles. The Hall–Kier alpha value is -2.62. The van der Waals surface area contributed by atoms with Crippen LogP contribution in [0.15, 0.2) is 60.7 Å². The third-order valence-corrected chi connectivity index (χ3v) is 3.13. The zero-order valence-corrected chi connectivity index (χ0v) is 10.0. The van der Waals surface area contributed by atoms with Crippen molar-refractivity contribution in [2.24, 2.45) is 0 Å². The molecular formula is C15H11NO3. The van der Waals surface area contributed by atoms with Gasteiger partial charge >= 0.3 is 5.72 Å². The van der Waals surface area contributed by atoms with E-state index in [9.17, 15) is 10.1 Å². The number of nitro groups is 1. The van der Waals surface area contributed by atoms with Gasteiger partial charge in [-0.15, -0.1) is 0 Å². The maximum absolute atomic E-state index is 11.5. The molecule has 1 aliphatic rings. The molecule has 94 valence electrons. The minimum Gasteiger partial charge on any atom is -0.420 e. The smallest absolute Gasteiger partial charge is 0.410 e. The Balaban J connectivity index is 2.14. The second kappa shape index (κ2) is 4.24. The highest BCUT2D eigenvalue weighted by Crippen LogP contribution is 2.37. The van der Waals surface area contributed by atoms with Gasteiger partial charge in [-0.1, -0.05) is 36.4 Å². The van der Waals surface area contributed by atoms with E-state index in [4.69, 9.17) is 4.74 Å². The minimum absolute atomic E-state index is 0.408. The molecule has 0 N–H and O–H groups in total. The van der Waals surface area contributed by atoms with Crippen LogP contribution in [0.3, 0.4) is 0 Å². The Labute approximate surface area is 110 Å². The lowest BCUT2D eigenvalue weighted by Crippen LogP contribution is -2.40. The van der Waals surface area contributed by atoms with Gasteiger partial charge in [0.05, 0.1) is 10.5 Å². The number of fused-ring (bicyclic) bond motifs is 1. The summed E-state index contributed by atoms with van der Waals surface area (Å²) in [7, 11) is 0. The number of rotatable bonds is 2. The Morgan fingerprint density at radius 3 is 2.42 bits per heavy atom. The van der Waals surface area contributed by atoms with Crippen molar-refractivity contribution < 1.29 is 9.66 Å². The second-order valence-electron chi connectivity index (χ2n) is 4.29. The summed E-state index contributed by atoms with van der Waals surface area (Å²) in [6.07, 6.45) is 3.22. The molecule has 2 aromatic carbocycles. The summed E-state index contributed by atoms with van der Waals surface area (Å²) in [6.45, 7) is 0. The average molecular weight is 253 g/mol. The molecule has 2 aromatic rings. The first-order valence-corrected chi connectivity index (χ1v) is 5.90. The van der Waals surface area contributed by atoms with Gasteiger partial charge < -0.3 is 4.74 Å². The maximum atomic E-state index is 11.5. The molecule has 0 saturated carbocycles. The highest BCUT2D eigenvalue weighted by molar-refractivity contribution is 5.61. The molecule has 0 amide bonds. The summed E-state index contributed by atoms with van der Waals surface area (Å²) in [5.74, 6) is 0.519. The number of para-hydroxylation sites is 1. The van der Waals surface area contributed by atoms with Gasteiger partial charge in [0, 0.05) is 11.6 Å². The fourth-order valence-corrected chi connectivity index (χ4v) is 2.15. The van der Waals surface area contributed by atoms with E-state index in [0.717, 1.165) is 5.56 Å². The van der Waals surface area contributed by atoms with Crippen LogP contribution in [-0.2, 0) is 5.72 Å². The van der Waals surface area contributed by atoms with Gasteiger partial charge in [0.1, 0.15) is 5.75 Å². The van der Waals surface area contributed by atoms with Gasteiger partial charge in [0.15, 0.2) is 0 Å². The van der Waals surface area contributed by atoms with Gasteiger partial charge in [-0.3, -0.25) is 10.1 Å². The molecule has 1 aliphatic heterocycles. The van der Waals surface area contributed by atoms with Crippen LogP contribution in [0.5, 0.6) is 5.75 Å². The van der Waals surface area contributed by atoms with Crippen LogP contribution < -0.4 is 4.74 Å². The zero-order valence-electron chi connectivity index (χ0n) is 10.0. The Morgan fingerprint density at radius 1 is 1.00 bits per heavy atom. The van der Waals surface area contributed by atoms with E-state index in [0.29, 0.717) is 11.3 Å². The normalized spacial score (nSPS) is 20.4. The average Bonchev–Trinajstić information content (AvgIpc) is 2.47. The largest absolute Gasteiger partial charge is 0.420 e. The highest BCUT2D eigenvalue weighted by atomic mass is 16.7. The Kier molecular flexibility index (Phi) is 2.56. The maximum Gasteiger partial charge on any atom is 0.410 e. The van der Waals surface area contributed by atoms with Crippen molar-refractivity contribution in [3.8, 4) is 5.75 Å². The molecule has 4 nitrogen and oxygen atoms in total. The molecule has 0 aromatic heterocycles. The lowest BCUT2D eigenvalue weighted by molar-refractivity contribution is -0.610. The Bertz CT molecular complexity index is 651. The SMILES string of the molecule is O=[N+]([O-])C1(c2ccccc2)C=Cc2ccccc2O1. The first kappa shape index (κ1) is 11.5. The standard InChI is InChI=1S/C15H11NO3/c17-16(18)15(13-7-2-1-3-8-13)11-10-12-6-4-5-9-14(12)19-15/h1-11H. The zero-order chi connectivity index (χ0) is 13.3. The van der Waals surface area contributed by atoms with Gasteiger partial charge in [-0.05, 0) is 24.3 Å². The first-order valence-electron chi connectivity index (χ1n) is 5.90. The van der Waals surface area contributed by atoms with E-state index in [1.807, 2.05) is 18.2 Å². The van der Waals surface area contributed by atoms with E-state index in [1.54, 1.807) is 42.5 Å². The molecule has 4 heteroatoms. The summed E-state index contributed by atoms with van der Waals surface area (Å²) in [5, 5.41) is 11.5. The third-order valence-electron chi connectivity index (χ3n) is 3.13. The molecule has 0 radical (unpaired) electrons. The van der Waals surface area contributed by atoms with Crippen LogP contribution in [0.4, 0.5) is 0 Å². The summed E-state index contributed by atoms with van der Waals surface area (Å²) in [6, 6.07) is 16.0. The van der Waals surface area contributed by atoms with Crippen molar-refractivity contribution in [2.75, 3.05) is 0 Å². The monoisotopic (exact) mass is 253 g/mol. The molecule has 1 unspecified atom stereocenters. The van der Waals surface area contributed by atoms with Crippen molar-refractivity contribution in [1.82, 2.24) is 0 Å². The Morgan fingerprint density at radius 2 is 1.68 bits per heavy atom. The number of hydrogen-bond acceptors (Lipinski definition) is 3. The molecule has 0 spiro atoms. The van der Waals surface area contributed by atoms with Gasteiger partial charge in [0.25, 0.3) is 0 Å². The first-order chi connectivity index (χ1) is 9.22. The lowest BCUT2D eigenvalue weighted by Gasteiger charge is -2.27. The molecule has 19 heavy (non-hydrogen) atoms. The topological polar surface area (TPSA) is 52.4 Å². The molecular weight excluding hydrogens is 242 g/mol. The summed E-state index contributed by atoms with van der Waals surface area (Å²) < 4.78 is 5.68. The van der Waals surface area contributed by atoms with E-state index in [1.165, 1.54) is 6.08 Å². The van der Waals surface area contributed by atoms with Crippen LogP contribution >= 0.6 is 0 Å². The predicted octanol–water partition coefficient (Wildman–Crippen LogP) is 3.22. The number of ether oxygens (including phenoxy) is 1. The quantitative estimate of drug-likeness (QED) is 0.610. The van der Waals surface area contributed by atoms with Crippen LogP contribution in [0.2, 0.25) is 0 Å². The molecule has 0 saturated heterocycles. The number of hydrogen-bond donors (Lipinski definition) is 0. The van der Waals surface area contributed by atoms with Crippen molar-refractivity contribution >= 4 is 6.08 Å². The predicted molar refractivity (Wildman–Crippen MR) is 71.2 cm³/mol. The summed E-state index contributed by atoms with van der Waals surface area (Å²) in [4.78, 5) is 11.1. The highest BCUT2D eigenvalue weighted by Gasteiger charge is 2.47. The number of nitrogens with zero attached hydrogens (tertiary/aromatic N) is 1. The minimum atomic E-state index is -1.64. The third kappa shape index (κ3) is 1.78. The van der Waals surface area contributed by atoms with Crippen LogP contribution in [0, 0.1) is 10.1 Å². The van der Waals surface area contributed by atoms with Crippen molar-refractivity contribution in [3.05, 3.63) is 81.9 Å². The lowest BCUT2D eigenvalue weighted by atomic mass is 9.98. The molecule has 0 bridgehead atoms. The van der Waals surface area contributed by atoms with Gasteiger partial charge in [-0.25, -0.2) is 0 Å². The van der Waals surface area contributed by atoms with Crippen molar-refractivity contribution in [3.63, 3.8) is 0 Å². The summed E-state index contributed by atoms with van der Waals surface area (Å²) >= 11 is 0. The van der Waals surface area contributed by atoms with Crippen LogP contribution in [-0.4, -0.2) is 4.92 Å². The van der Waals surface area contributed by atoms with E-state index in [-0.39, 0.29) is 0 Å². The number of benzene rings is 2. The fourth-order valence-electron chi connectivity index (χ4n) is 2.15. The van der Waals surface area contributed by atoms with Crippen molar-refractivity contribution in [1.29, 1.82) is 0 Å². The molecule has 0 aliphatic carbocycles. The van der Waals surface area contributed by atoms with Gasteiger partial charge in [0.2, 0.25) is 0 Å². The van der Waals surface area contributed by atoms with E-state index >= 15 is 0 Å². The van der Waals surface area contributed by atoms with Crippen LogP contribution in [0.25, 0.3) is 6.08 Å².